The van der Waals surface area contributed by atoms with E-state index >= 15 is 0 Å². The third-order valence-electron chi connectivity index (χ3n) is 5.28. The van der Waals surface area contributed by atoms with Crippen LogP contribution in [0.15, 0.2) is 43.0 Å². The lowest BCUT2D eigenvalue weighted by Gasteiger charge is -2.28. The maximum atomic E-state index is 11.3. The van der Waals surface area contributed by atoms with Crippen molar-refractivity contribution in [3.63, 3.8) is 0 Å². The zero-order valence-corrected chi connectivity index (χ0v) is 20.7. The Hall–Kier alpha value is -2.34. The minimum Gasteiger partial charge on any atom is -0.507 e. The van der Waals surface area contributed by atoms with Crippen LogP contribution < -0.4 is 0 Å². The third-order valence-corrected chi connectivity index (χ3v) is 5.85. The van der Waals surface area contributed by atoms with E-state index in [-0.39, 0.29) is 10.8 Å². The Morgan fingerprint density at radius 2 is 1.59 bits per heavy atom. The summed E-state index contributed by atoms with van der Waals surface area (Å²) in [5, 5.41) is 27.4. The molecule has 5 nitrogen and oxygen atoms in total. The highest BCUT2D eigenvalue weighted by Gasteiger charge is 2.27. The summed E-state index contributed by atoms with van der Waals surface area (Å²) >= 11 is 12.4. The van der Waals surface area contributed by atoms with Crippen molar-refractivity contribution in [2.75, 3.05) is 0 Å². The highest BCUT2D eigenvalue weighted by molar-refractivity contribution is 6.35. The average Bonchev–Trinajstić information content (AvgIpc) is 3.19. The minimum absolute atomic E-state index is 0.278. The van der Waals surface area contributed by atoms with Gasteiger partial charge < -0.3 is 10.2 Å². The molecule has 0 aliphatic carbocycles. The molecule has 0 fully saturated rings. The Bertz CT molecular complexity index is 1110. The summed E-state index contributed by atoms with van der Waals surface area (Å²) in [6, 6.07) is 8.85. The van der Waals surface area contributed by atoms with E-state index in [2.05, 4.69) is 51.6 Å². The molecule has 1 unspecified atom stereocenters. The van der Waals surface area contributed by atoms with Crippen molar-refractivity contribution in [2.24, 2.45) is 0 Å². The van der Waals surface area contributed by atoms with E-state index in [1.165, 1.54) is 17.3 Å². The molecule has 0 saturated carbocycles. The quantitative estimate of drug-likeness (QED) is 0.446. The second kappa shape index (κ2) is 8.89. The van der Waals surface area contributed by atoms with Crippen LogP contribution >= 0.6 is 23.2 Å². The van der Waals surface area contributed by atoms with E-state index in [0.717, 1.165) is 16.7 Å². The molecule has 0 spiro atoms. The second-order valence-corrected chi connectivity index (χ2v) is 10.8. The lowest BCUT2D eigenvalue weighted by molar-refractivity contribution is 0.231. The fourth-order valence-electron chi connectivity index (χ4n) is 3.55. The van der Waals surface area contributed by atoms with E-state index in [1.807, 2.05) is 18.2 Å². The van der Waals surface area contributed by atoms with Gasteiger partial charge in [-0.3, -0.25) is 0 Å². The Morgan fingerprint density at radius 3 is 2.06 bits per heavy atom. The van der Waals surface area contributed by atoms with Gasteiger partial charge in [0.1, 0.15) is 24.5 Å². The first-order valence-electron chi connectivity index (χ1n) is 10.4. The molecule has 3 rings (SSSR count). The lowest BCUT2D eigenvalue weighted by Crippen LogP contribution is -2.17. The van der Waals surface area contributed by atoms with Gasteiger partial charge >= 0.3 is 0 Å². The predicted molar refractivity (Wildman–Crippen MR) is 131 cm³/mol. The van der Waals surface area contributed by atoms with Crippen molar-refractivity contribution in [1.29, 1.82) is 0 Å². The first kappa shape index (κ1) is 24.3. The summed E-state index contributed by atoms with van der Waals surface area (Å²) in [4.78, 5) is 4.03. The number of nitrogens with zero attached hydrogens (tertiary/aromatic N) is 3. The van der Waals surface area contributed by atoms with E-state index in [0.29, 0.717) is 27.1 Å². The monoisotopic (exact) mass is 473 g/mol. The summed E-state index contributed by atoms with van der Waals surface area (Å²) in [5.41, 5.74) is 2.90. The smallest absolute Gasteiger partial charge is 0.138 e. The second-order valence-electron chi connectivity index (χ2n) is 9.94. The summed E-state index contributed by atoms with van der Waals surface area (Å²) in [6.45, 7) is 12.3. The number of hydrogen-bond acceptors (Lipinski definition) is 4. The maximum absolute atomic E-state index is 11.3. The third kappa shape index (κ3) is 5.17. The lowest BCUT2D eigenvalue weighted by atomic mass is 9.78. The minimum atomic E-state index is -1.08. The molecular weight excluding hydrogens is 445 g/mol. The molecular formula is C25H29Cl2N3O2. The predicted octanol–water partition coefficient (Wildman–Crippen LogP) is 6.62. The Balaban J connectivity index is 2.24. The summed E-state index contributed by atoms with van der Waals surface area (Å²) < 4.78 is 1.51. The molecule has 1 aromatic heterocycles. The van der Waals surface area contributed by atoms with Crippen molar-refractivity contribution in [1.82, 2.24) is 14.8 Å². The fourth-order valence-corrected chi connectivity index (χ4v) is 4.06. The Morgan fingerprint density at radius 1 is 1.00 bits per heavy atom. The highest BCUT2D eigenvalue weighted by atomic mass is 35.5. The van der Waals surface area contributed by atoms with Gasteiger partial charge in [-0.2, -0.15) is 5.10 Å². The first-order chi connectivity index (χ1) is 14.8. The van der Waals surface area contributed by atoms with Gasteiger partial charge in [-0.25, -0.2) is 9.67 Å². The number of aromatic nitrogens is 3. The number of rotatable bonds is 4. The number of aromatic hydroxyl groups is 1. The van der Waals surface area contributed by atoms with Gasteiger partial charge in [0.05, 0.1) is 5.70 Å². The molecule has 0 saturated heterocycles. The molecule has 2 N–H and O–H groups in total. The summed E-state index contributed by atoms with van der Waals surface area (Å²) in [6.07, 6.45) is 3.69. The topological polar surface area (TPSA) is 71.2 Å². The van der Waals surface area contributed by atoms with Gasteiger partial charge in [0, 0.05) is 26.7 Å². The van der Waals surface area contributed by atoms with Gasteiger partial charge in [0.2, 0.25) is 0 Å². The molecule has 1 atom stereocenters. The van der Waals surface area contributed by atoms with Crippen molar-refractivity contribution in [2.45, 2.75) is 58.5 Å². The molecule has 0 bridgehead atoms. The average molecular weight is 474 g/mol. The molecule has 0 amide bonds. The Labute approximate surface area is 199 Å². The number of halogens is 2. The number of benzene rings is 2. The van der Waals surface area contributed by atoms with Crippen molar-refractivity contribution in [3.05, 3.63) is 75.3 Å². The van der Waals surface area contributed by atoms with Crippen LogP contribution in [0.25, 0.3) is 11.8 Å². The van der Waals surface area contributed by atoms with Gasteiger partial charge in [-0.1, -0.05) is 70.8 Å². The van der Waals surface area contributed by atoms with Crippen LogP contribution in [0.2, 0.25) is 10.0 Å². The van der Waals surface area contributed by atoms with E-state index in [1.54, 1.807) is 18.2 Å². The van der Waals surface area contributed by atoms with Crippen molar-refractivity contribution >= 4 is 35.0 Å². The molecule has 2 aromatic carbocycles. The number of phenols is 1. The van der Waals surface area contributed by atoms with Crippen LogP contribution in [-0.4, -0.2) is 25.0 Å². The molecule has 0 radical (unpaired) electrons. The normalized spacial score (nSPS) is 14.0. The van der Waals surface area contributed by atoms with Crippen LogP contribution in [0.5, 0.6) is 5.75 Å². The van der Waals surface area contributed by atoms with E-state index in [9.17, 15) is 10.2 Å². The van der Waals surface area contributed by atoms with Crippen LogP contribution in [-0.2, 0) is 10.8 Å². The van der Waals surface area contributed by atoms with Crippen LogP contribution in [0.1, 0.15) is 69.9 Å². The van der Waals surface area contributed by atoms with Crippen LogP contribution in [0.3, 0.4) is 0 Å². The van der Waals surface area contributed by atoms with E-state index < -0.39 is 6.10 Å². The van der Waals surface area contributed by atoms with Gasteiger partial charge in [0.25, 0.3) is 0 Å². The van der Waals surface area contributed by atoms with Gasteiger partial charge in [0.15, 0.2) is 0 Å². The summed E-state index contributed by atoms with van der Waals surface area (Å²) in [5.74, 6) is 0.297. The molecule has 32 heavy (non-hydrogen) atoms. The van der Waals surface area contributed by atoms with Gasteiger partial charge in [-0.15, -0.1) is 0 Å². The Kier molecular flexibility index (Phi) is 6.75. The number of aliphatic hydroxyl groups is 1. The van der Waals surface area contributed by atoms with Crippen LogP contribution in [0.4, 0.5) is 0 Å². The number of hydrogen-bond donors (Lipinski definition) is 2. The molecule has 1 heterocycles. The molecule has 170 valence electrons. The molecule has 0 aliphatic rings. The largest absolute Gasteiger partial charge is 0.507 e. The number of aliphatic hydroxyl groups excluding tert-OH is 1. The van der Waals surface area contributed by atoms with E-state index in [4.69, 9.17) is 23.2 Å². The zero-order chi connectivity index (χ0) is 23.8. The fraction of sp³-hybridized carbons (Fsp3) is 0.360. The SMILES string of the molecule is CC(C)(C)c1cc(/C=C(\C(O)c2ccc(Cl)cc2Cl)n2cncn2)cc(C(C)(C)C)c1O. The highest BCUT2D eigenvalue weighted by Crippen LogP contribution is 2.41. The molecule has 3 aromatic rings. The van der Waals surface area contributed by atoms with Crippen molar-refractivity contribution in [3.8, 4) is 5.75 Å². The first-order valence-corrected chi connectivity index (χ1v) is 11.1. The zero-order valence-electron chi connectivity index (χ0n) is 19.2. The maximum Gasteiger partial charge on any atom is 0.138 e. The molecule has 7 heteroatoms. The summed E-state index contributed by atoms with van der Waals surface area (Å²) in [7, 11) is 0. The standard InChI is InChI=1S/C25H29Cl2N3O2/c1-24(2,3)18-9-15(10-19(23(18)32)25(4,5)6)11-21(30-14-28-13-29-30)22(31)17-8-7-16(26)12-20(17)27/h7-14,22,31-32H,1-6H3/b21-11+. The number of phenolic OH excluding ortho intramolecular Hbond substituents is 1. The van der Waals surface area contributed by atoms with Crippen LogP contribution in [0, 0.1) is 0 Å². The molecule has 0 aliphatic heterocycles. The van der Waals surface area contributed by atoms with Gasteiger partial charge in [-0.05, 0) is 46.7 Å². The van der Waals surface area contributed by atoms with Crippen molar-refractivity contribution < 1.29 is 10.2 Å².